The Labute approximate surface area is 160 Å². The molecule has 142 valence electrons. The Morgan fingerprint density at radius 2 is 2.04 bits per heavy atom. The predicted octanol–water partition coefficient (Wildman–Crippen LogP) is 3.28. The fraction of sp³-hybridized carbons (Fsp3) is 0.409. The van der Waals surface area contributed by atoms with Crippen LogP contribution in [-0.4, -0.2) is 39.3 Å². The van der Waals surface area contributed by atoms with E-state index in [1.54, 1.807) is 7.11 Å². The second-order valence-corrected chi connectivity index (χ2v) is 7.28. The minimum Gasteiger partial charge on any atom is -0.497 e. The van der Waals surface area contributed by atoms with Crippen molar-refractivity contribution < 1.29 is 14.3 Å². The number of fused-ring (bicyclic) bond motifs is 1. The van der Waals surface area contributed by atoms with Crippen LogP contribution in [0.4, 0.5) is 5.69 Å². The molecule has 2 aromatic carbocycles. The van der Waals surface area contributed by atoms with Crippen LogP contribution in [0, 0.1) is 5.92 Å². The van der Waals surface area contributed by atoms with Gasteiger partial charge in [0.1, 0.15) is 11.5 Å². The molecule has 27 heavy (non-hydrogen) atoms. The number of carbonyl (C=O) groups excluding carboxylic acids is 1. The zero-order valence-corrected chi connectivity index (χ0v) is 15.7. The Kier molecular flexibility index (Phi) is 5.19. The molecule has 5 nitrogen and oxygen atoms in total. The van der Waals surface area contributed by atoms with Crippen LogP contribution < -0.4 is 19.7 Å². The summed E-state index contributed by atoms with van der Waals surface area (Å²) in [5, 5.41) is 3.12. The molecule has 2 aliphatic rings. The minimum atomic E-state index is -0.00183. The molecule has 0 radical (unpaired) electrons. The fourth-order valence-electron chi connectivity index (χ4n) is 3.91. The highest BCUT2D eigenvalue weighted by Crippen LogP contribution is 2.31. The lowest BCUT2D eigenvalue weighted by Gasteiger charge is -2.26. The smallest absolute Gasteiger partial charge is 0.253 e. The second-order valence-electron chi connectivity index (χ2n) is 7.28. The van der Waals surface area contributed by atoms with Gasteiger partial charge in [-0.25, -0.2) is 0 Å². The lowest BCUT2D eigenvalue weighted by Crippen LogP contribution is -2.35. The third-order valence-electron chi connectivity index (χ3n) is 5.40. The highest BCUT2D eigenvalue weighted by molar-refractivity contribution is 5.99. The highest BCUT2D eigenvalue weighted by Gasteiger charge is 2.23. The first-order chi connectivity index (χ1) is 13.2. The summed E-state index contributed by atoms with van der Waals surface area (Å²) in [6, 6.07) is 13.8. The number of anilines is 1. The molecule has 1 amide bonds. The summed E-state index contributed by atoms with van der Waals surface area (Å²) in [6.45, 7) is 3.27. The van der Waals surface area contributed by atoms with Gasteiger partial charge in [0, 0.05) is 37.3 Å². The van der Waals surface area contributed by atoms with Crippen molar-refractivity contribution in [1.29, 1.82) is 0 Å². The van der Waals surface area contributed by atoms with Crippen LogP contribution in [0.15, 0.2) is 42.5 Å². The summed E-state index contributed by atoms with van der Waals surface area (Å²) in [6.07, 6.45) is 3.28. The molecule has 2 aliphatic heterocycles. The van der Waals surface area contributed by atoms with E-state index in [1.807, 2.05) is 42.5 Å². The number of rotatable bonds is 5. The molecule has 1 N–H and O–H groups in total. The molecule has 0 aliphatic carbocycles. The molecule has 0 aromatic heterocycles. The maximum Gasteiger partial charge on any atom is 0.253 e. The van der Waals surface area contributed by atoms with E-state index in [1.165, 1.54) is 18.4 Å². The first kappa shape index (κ1) is 17.7. The first-order valence-electron chi connectivity index (χ1n) is 9.66. The molecule has 5 heteroatoms. The van der Waals surface area contributed by atoms with Crippen molar-refractivity contribution in [3.63, 3.8) is 0 Å². The number of ether oxygens (including phenoxy) is 2. The minimum absolute atomic E-state index is 0.00183. The normalized spacial score (nSPS) is 18.6. The van der Waals surface area contributed by atoms with Gasteiger partial charge in [0.25, 0.3) is 5.91 Å². The number of nitrogens with zero attached hydrogens (tertiary/aromatic N) is 1. The van der Waals surface area contributed by atoms with Crippen molar-refractivity contribution in [3.05, 3.63) is 53.6 Å². The lowest BCUT2D eigenvalue weighted by atomic mass is 9.96. The van der Waals surface area contributed by atoms with E-state index >= 15 is 0 Å². The molecule has 1 fully saturated rings. The van der Waals surface area contributed by atoms with Crippen molar-refractivity contribution in [2.24, 2.45) is 5.92 Å². The quantitative estimate of drug-likeness (QED) is 0.882. The van der Waals surface area contributed by atoms with E-state index in [0.29, 0.717) is 13.2 Å². The van der Waals surface area contributed by atoms with Crippen LogP contribution in [-0.2, 0) is 6.42 Å². The summed E-state index contributed by atoms with van der Waals surface area (Å²) in [4.78, 5) is 15.1. The molecule has 2 heterocycles. The van der Waals surface area contributed by atoms with E-state index in [4.69, 9.17) is 9.47 Å². The third kappa shape index (κ3) is 3.87. The number of nitrogens with one attached hydrogen (secondary N) is 1. The number of methoxy groups -OCH3 is 1. The zero-order valence-electron chi connectivity index (χ0n) is 15.7. The monoisotopic (exact) mass is 366 g/mol. The molecule has 0 unspecified atom stereocenters. The van der Waals surface area contributed by atoms with Gasteiger partial charge >= 0.3 is 0 Å². The van der Waals surface area contributed by atoms with Crippen LogP contribution in [0.1, 0.15) is 28.8 Å². The van der Waals surface area contributed by atoms with Crippen LogP contribution >= 0.6 is 0 Å². The number of para-hydroxylation sites is 1. The second kappa shape index (κ2) is 7.91. The van der Waals surface area contributed by atoms with E-state index in [-0.39, 0.29) is 11.8 Å². The predicted molar refractivity (Wildman–Crippen MR) is 106 cm³/mol. The van der Waals surface area contributed by atoms with Crippen LogP contribution in [0.25, 0.3) is 0 Å². The van der Waals surface area contributed by atoms with Crippen LogP contribution in [0.2, 0.25) is 0 Å². The maximum atomic E-state index is 12.8. The van der Waals surface area contributed by atoms with Gasteiger partial charge in [0.2, 0.25) is 0 Å². The molecule has 0 saturated carbocycles. The van der Waals surface area contributed by atoms with Crippen molar-refractivity contribution in [3.8, 4) is 11.5 Å². The standard InChI is InChI=1S/C22H26N2O3/c1-26-18-9-8-17-12-16(15-27-21(17)13-18)14-23-22(25)19-6-2-3-7-20(19)24-10-4-5-11-24/h2-3,6-9,13,16H,4-5,10-12,14-15H2,1H3,(H,23,25)/t16-/m0/s1. The first-order valence-corrected chi connectivity index (χ1v) is 9.66. The van der Waals surface area contributed by atoms with Gasteiger partial charge in [-0.05, 0) is 43.0 Å². The Morgan fingerprint density at radius 1 is 1.22 bits per heavy atom. The van der Waals surface area contributed by atoms with Gasteiger partial charge < -0.3 is 19.7 Å². The Hall–Kier alpha value is -2.69. The van der Waals surface area contributed by atoms with Gasteiger partial charge in [-0.2, -0.15) is 0 Å². The van der Waals surface area contributed by atoms with Crippen molar-refractivity contribution in [1.82, 2.24) is 5.32 Å². The molecule has 2 aromatic rings. The van der Waals surface area contributed by atoms with Crippen LogP contribution in [0.3, 0.4) is 0 Å². The number of hydrogen-bond donors (Lipinski definition) is 1. The Morgan fingerprint density at radius 3 is 2.85 bits per heavy atom. The molecule has 1 atom stereocenters. The largest absolute Gasteiger partial charge is 0.497 e. The van der Waals surface area contributed by atoms with Gasteiger partial charge in [-0.3, -0.25) is 4.79 Å². The summed E-state index contributed by atoms with van der Waals surface area (Å²) in [5.74, 6) is 1.96. The summed E-state index contributed by atoms with van der Waals surface area (Å²) < 4.78 is 11.1. The summed E-state index contributed by atoms with van der Waals surface area (Å²) in [7, 11) is 1.66. The highest BCUT2D eigenvalue weighted by atomic mass is 16.5. The Balaban J connectivity index is 1.39. The van der Waals surface area contributed by atoms with Gasteiger partial charge in [0.15, 0.2) is 0 Å². The summed E-state index contributed by atoms with van der Waals surface area (Å²) >= 11 is 0. The number of benzene rings is 2. The number of amides is 1. The molecule has 0 spiro atoms. The zero-order chi connectivity index (χ0) is 18.6. The van der Waals surface area contributed by atoms with E-state index < -0.39 is 0 Å². The van der Waals surface area contributed by atoms with Crippen molar-refractivity contribution in [2.45, 2.75) is 19.3 Å². The van der Waals surface area contributed by atoms with E-state index in [0.717, 1.165) is 42.3 Å². The Bertz CT molecular complexity index is 815. The maximum absolute atomic E-state index is 12.8. The van der Waals surface area contributed by atoms with E-state index in [2.05, 4.69) is 10.2 Å². The summed E-state index contributed by atoms with van der Waals surface area (Å²) in [5.41, 5.74) is 2.98. The molecular weight excluding hydrogens is 340 g/mol. The van der Waals surface area contributed by atoms with Crippen molar-refractivity contribution in [2.75, 3.05) is 38.3 Å². The molecular formula is C22H26N2O3. The fourth-order valence-corrected chi connectivity index (χ4v) is 3.91. The molecule has 1 saturated heterocycles. The average molecular weight is 366 g/mol. The third-order valence-corrected chi connectivity index (χ3v) is 5.40. The van der Waals surface area contributed by atoms with E-state index in [9.17, 15) is 4.79 Å². The lowest BCUT2D eigenvalue weighted by molar-refractivity contribution is 0.0939. The van der Waals surface area contributed by atoms with Gasteiger partial charge in [0.05, 0.1) is 19.3 Å². The molecule has 4 rings (SSSR count). The average Bonchev–Trinajstić information content (AvgIpc) is 3.26. The topological polar surface area (TPSA) is 50.8 Å². The SMILES string of the molecule is COc1ccc2c(c1)OC[C@H](CNC(=O)c1ccccc1N1CCCC1)C2. The number of carbonyl (C=O) groups is 1. The number of hydrogen-bond acceptors (Lipinski definition) is 4. The van der Waals surface area contributed by atoms with Gasteiger partial charge in [-0.1, -0.05) is 18.2 Å². The van der Waals surface area contributed by atoms with Crippen LogP contribution in [0.5, 0.6) is 11.5 Å². The van der Waals surface area contributed by atoms with Crippen molar-refractivity contribution >= 4 is 11.6 Å². The van der Waals surface area contributed by atoms with Gasteiger partial charge in [-0.15, -0.1) is 0 Å². The molecule has 0 bridgehead atoms.